The molecule has 0 saturated carbocycles. The second kappa shape index (κ2) is 10.3. The average Bonchev–Trinajstić information content (AvgIpc) is 2.80. The van der Waals surface area contributed by atoms with Crippen LogP contribution in [0.15, 0.2) is 41.3 Å². The number of thioether (sulfide) groups is 1. The first-order chi connectivity index (χ1) is 17.0. The van der Waals surface area contributed by atoms with Crippen LogP contribution in [0.25, 0.3) is 0 Å². The van der Waals surface area contributed by atoms with Gasteiger partial charge in [0.25, 0.3) is 5.91 Å². The topological polar surface area (TPSA) is 109 Å². The quantitative estimate of drug-likeness (QED) is 0.305. The van der Waals surface area contributed by atoms with Crippen LogP contribution in [0.4, 0.5) is 26.3 Å². The molecular formula is C21H21F6N3O5S2. The molecule has 1 aliphatic heterocycles. The fraction of sp³-hybridized carbons (Fsp3) is 0.429. The fourth-order valence-electron chi connectivity index (χ4n) is 3.69. The van der Waals surface area contributed by atoms with E-state index in [0.717, 1.165) is 16.4 Å². The summed E-state index contributed by atoms with van der Waals surface area (Å²) in [4.78, 5) is 14.7. The van der Waals surface area contributed by atoms with E-state index in [9.17, 15) is 39.6 Å². The molecular weight excluding hydrogens is 552 g/mol. The number of hydrogen-bond acceptors (Lipinski definition) is 7. The zero-order valence-electron chi connectivity index (χ0n) is 19.2. The number of rotatable bonds is 6. The first-order valence-electron chi connectivity index (χ1n) is 10.4. The molecule has 0 aliphatic carbocycles. The number of halogens is 6. The number of hydrogen-bond donors (Lipinski definition) is 2. The Bertz CT molecular complexity index is 1220. The number of hydroxylamine groups is 1. The van der Waals surface area contributed by atoms with Gasteiger partial charge >= 0.3 is 12.4 Å². The Kier molecular flexibility index (Phi) is 8.08. The predicted octanol–water partition coefficient (Wildman–Crippen LogP) is 4.09. The van der Waals surface area contributed by atoms with Gasteiger partial charge in [0.05, 0.1) is 4.90 Å². The third-order valence-electron chi connectivity index (χ3n) is 5.39. The monoisotopic (exact) mass is 573 g/mol. The lowest BCUT2D eigenvalue weighted by Crippen LogP contribution is -2.61. The number of pyridine rings is 1. The molecule has 0 spiro atoms. The number of amides is 1. The van der Waals surface area contributed by atoms with Crippen molar-refractivity contribution >= 4 is 27.7 Å². The SMILES string of the molecule is CC1(C)SCCN(S(=O)(=O)c2ccc(OCc3cc(C(F)(F)F)nc(C(F)(F)F)c3)cc2)[C@H]1C(=O)NO. The van der Waals surface area contributed by atoms with Crippen molar-refractivity contribution in [3.05, 3.63) is 53.3 Å². The van der Waals surface area contributed by atoms with Crippen LogP contribution in [-0.2, 0) is 33.8 Å². The van der Waals surface area contributed by atoms with Gasteiger partial charge in [-0.15, -0.1) is 0 Å². The number of sulfonamides is 1. The van der Waals surface area contributed by atoms with Crippen molar-refractivity contribution in [1.29, 1.82) is 0 Å². The molecule has 2 N–H and O–H groups in total. The Morgan fingerprint density at radius 1 is 1.14 bits per heavy atom. The van der Waals surface area contributed by atoms with Crippen LogP contribution in [0.5, 0.6) is 5.75 Å². The Balaban J connectivity index is 1.82. The Hall–Kier alpha value is -2.56. The number of benzene rings is 1. The molecule has 1 aliphatic rings. The summed E-state index contributed by atoms with van der Waals surface area (Å²) in [5.74, 6) is -0.555. The molecule has 0 bridgehead atoms. The summed E-state index contributed by atoms with van der Waals surface area (Å²) in [6.45, 7) is 2.61. The smallest absolute Gasteiger partial charge is 0.433 e. The second-order valence-corrected chi connectivity index (χ2v) is 12.1. The third-order valence-corrected chi connectivity index (χ3v) is 8.63. The number of alkyl halides is 6. The predicted molar refractivity (Wildman–Crippen MR) is 119 cm³/mol. The maximum Gasteiger partial charge on any atom is 0.433 e. The summed E-state index contributed by atoms with van der Waals surface area (Å²) in [6, 6.07) is 4.23. The van der Waals surface area contributed by atoms with Crippen LogP contribution in [0.1, 0.15) is 30.8 Å². The zero-order chi connectivity index (χ0) is 27.8. The first kappa shape index (κ1) is 29.0. The number of nitrogens with one attached hydrogen (secondary N) is 1. The van der Waals surface area contributed by atoms with Gasteiger partial charge in [-0.05, 0) is 55.8 Å². The summed E-state index contributed by atoms with van der Waals surface area (Å²) in [6.07, 6.45) is -10.2. The summed E-state index contributed by atoms with van der Waals surface area (Å²) < 4.78 is 110. The summed E-state index contributed by atoms with van der Waals surface area (Å²) in [7, 11) is -4.23. The molecule has 37 heavy (non-hydrogen) atoms. The molecule has 1 fully saturated rings. The highest BCUT2D eigenvalue weighted by atomic mass is 32.2. The summed E-state index contributed by atoms with van der Waals surface area (Å²) in [5.41, 5.74) is -2.42. The Labute approximate surface area is 212 Å². The number of aromatic nitrogens is 1. The molecule has 204 valence electrons. The highest BCUT2D eigenvalue weighted by molar-refractivity contribution is 8.00. The van der Waals surface area contributed by atoms with Crippen LogP contribution in [-0.4, -0.2) is 51.9 Å². The van der Waals surface area contributed by atoms with E-state index >= 15 is 0 Å². The number of nitrogens with zero attached hydrogens (tertiary/aromatic N) is 2. The first-order valence-corrected chi connectivity index (χ1v) is 12.9. The molecule has 1 saturated heterocycles. The molecule has 8 nitrogen and oxygen atoms in total. The average molecular weight is 574 g/mol. The Morgan fingerprint density at radius 2 is 1.68 bits per heavy atom. The van der Waals surface area contributed by atoms with E-state index in [-0.39, 0.29) is 17.2 Å². The lowest BCUT2D eigenvalue weighted by atomic mass is 10.0. The zero-order valence-corrected chi connectivity index (χ0v) is 20.9. The minimum atomic E-state index is -5.11. The maximum absolute atomic E-state index is 13.3. The van der Waals surface area contributed by atoms with Gasteiger partial charge in [-0.1, -0.05) is 0 Å². The van der Waals surface area contributed by atoms with Crippen molar-refractivity contribution in [2.24, 2.45) is 0 Å². The largest absolute Gasteiger partial charge is 0.489 e. The van der Waals surface area contributed by atoms with Gasteiger partial charge in [-0.2, -0.15) is 42.4 Å². The van der Waals surface area contributed by atoms with Gasteiger partial charge in [-0.25, -0.2) is 18.9 Å². The van der Waals surface area contributed by atoms with Gasteiger partial charge in [0.1, 0.15) is 29.8 Å². The van der Waals surface area contributed by atoms with E-state index in [1.54, 1.807) is 13.8 Å². The molecule has 1 aromatic heterocycles. The third kappa shape index (κ3) is 6.48. The molecule has 1 atom stereocenters. The van der Waals surface area contributed by atoms with Crippen molar-refractivity contribution in [1.82, 2.24) is 14.8 Å². The maximum atomic E-state index is 13.3. The van der Waals surface area contributed by atoms with E-state index in [4.69, 9.17) is 9.94 Å². The molecule has 16 heteroatoms. The van der Waals surface area contributed by atoms with Gasteiger partial charge in [-0.3, -0.25) is 10.0 Å². The van der Waals surface area contributed by atoms with Crippen molar-refractivity contribution < 1.29 is 49.5 Å². The van der Waals surface area contributed by atoms with Crippen molar-refractivity contribution in [2.75, 3.05) is 12.3 Å². The number of ether oxygens (including phenoxy) is 1. The van der Waals surface area contributed by atoms with E-state index < -0.39 is 62.6 Å². The standard InChI is InChI=1S/C21H21F6N3O5S2/c1-19(2)17(18(31)29-32)30(7-8-36-19)37(33,34)14-5-3-13(4-6-14)35-11-12-9-15(20(22,23)24)28-16(10-12)21(25,26)27/h3-6,9-10,17,32H,7-8,11H2,1-2H3,(H,29,31)/t17-/m0/s1. The summed E-state index contributed by atoms with van der Waals surface area (Å²) >= 11 is 1.36. The van der Waals surface area contributed by atoms with Crippen molar-refractivity contribution in [3.8, 4) is 5.75 Å². The minimum absolute atomic E-state index is 0.0160. The lowest BCUT2D eigenvalue weighted by molar-refractivity contribution is -0.150. The molecule has 1 amide bonds. The van der Waals surface area contributed by atoms with E-state index in [0.29, 0.717) is 17.9 Å². The lowest BCUT2D eigenvalue weighted by Gasteiger charge is -2.43. The van der Waals surface area contributed by atoms with Gasteiger partial charge in [0, 0.05) is 17.0 Å². The number of carbonyl (C=O) groups is 1. The molecule has 0 unspecified atom stereocenters. The molecule has 1 aromatic carbocycles. The van der Waals surface area contributed by atoms with Crippen LogP contribution < -0.4 is 10.2 Å². The van der Waals surface area contributed by atoms with E-state index in [2.05, 4.69) is 4.98 Å². The molecule has 2 heterocycles. The van der Waals surface area contributed by atoms with Crippen LogP contribution in [0.3, 0.4) is 0 Å². The van der Waals surface area contributed by atoms with Crippen molar-refractivity contribution in [2.45, 2.75) is 48.5 Å². The van der Waals surface area contributed by atoms with Gasteiger partial charge in [0.2, 0.25) is 10.0 Å². The second-order valence-electron chi connectivity index (χ2n) is 8.45. The summed E-state index contributed by atoms with van der Waals surface area (Å²) in [5, 5.41) is 9.11. The Morgan fingerprint density at radius 3 is 2.16 bits per heavy atom. The fourth-order valence-corrected chi connectivity index (χ4v) is 6.80. The van der Waals surface area contributed by atoms with Gasteiger partial charge < -0.3 is 4.74 Å². The normalized spacial score (nSPS) is 18.9. The van der Waals surface area contributed by atoms with Crippen LogP contribution >= 0.6 is 11.8 Å². The molecule has 3 rings (SSSR count). The highest BCUT2D eigenvalue weighted by Crippen LogP contribution is 2.39. The van der Waals surface area contributed by atoms with E-state index in [1.807, 2.05) is 0 Å². The van der Waals surface area contributed by atoms with Gasteiger partial charge in [0.15, 0.2) is 0 Å². The highest BCUT2D eigenvalue weighted by Gasteiger charge is 2.48. The molecule has 2 aromatic rings. The van der Waals surface area contributed by atoms with Crippen molar-refractivity contribution in [3.63, 3.8) is 0 Å². The minimum Gasteiger partial charge on any atom is -0.489 e. The van der Waals surface area contributed by atoms with E-state index in [1.165, 1.54) is 29.4 Å². The molecule has 0 radical (unpaired) electrons. The van der Waals surface area contributed by atoms with Crippen LogP contribution in [0.2, 0.25) is 0 Å². The van der Waals surface area contributed by atoms with Crippen LogP contribution in [0, 0.1) is 0 Å². The number of carbonyl (C=O) groups excluding carboxylic acids is 1.